The van der Waals surface area contributed by atoms with Gasteiger partial charge in [-0.05, 0) is 35.8 Å². The second-order valence-corrected chi connectivity index (χ2v) is 10.1. The van der Waals surface area contributed by atoms with E-state index in [0.717, 1.165) is 58.2 Å². The summed E-state index contributed by atoms with van der Waals surface area (Å²) in [7, 11) is 4.17. The highest BCUT2D eigenvalue weighted by Gasteiger charge is 2.31. The van der Waals surface area contributed by atoms with Gasteiger partial charge in [-0.25, -0.2) is 19.9 Å². The molecule has 5 rings (SSSR count). The SMILES string of the molecule is CN(C)c1nc2sc3c(NCCc4cnc[nH]4)ncnc3c2c2c1CCC(C)(C)C2. The van der Waals surface area contributed by atoms with Crippen LogP contribution in [0.1, 0.15) is 37.1 Å². The Morgan fingerprint density at radius 1 is 1.23 bits per heavy atom. The predicted octanol–water partition coefficient (Wildman–Crippen LogP) is 4.20. The van der Waals surface area contributed by atoms with Crippen LogP contribution in [0.25, 0.3) is 20.4 Å². The average Bonchev–Trinajstić information content (AvgIpc) is 3.34. The summed E-state index contributed by atoms with van der Waals surface area (Å²) in [5.41, 5.74) is 5.24. The molecule has 0 fully saturated rings. The summed E-state index contributed by atoms with van der Waals surface area (Å²) >= 11 is 1.70. The number of hydrogen-bond acceptors (Lipinski definition) is 7. The Bertz CT molecular complexity index is 1210. The van der Waals surface area contributed by atoms with Crippen LogP contribution in [-0.2, 0) is 19.3 Å². The van der Waals surface area contributed by atoms with Crippen LogP contribution in [0.5, 0.6) is 0 Å². The summed E-state index contributed by atoms with van der Waals surface area (Å²) in [6.45, 7) is 5.51. The topological polar surface area (TPSA) is 82.6 Å². The predicted molar refractivity (Wildman–Crippen MR) is 124 cm³/mol. The third-order valence-corrected chi connectivity index (χ3v) is 7.05. The van der Waals surface area contributed by atoms with E-state index in [4.69, 9.17) is 9.97 Å². The molecule has 0 saturated heterocycles. The van der Waals surface area contributed by atoms with Crippen LogP contribution in [0.3, 0.4) is 0 Å². The van der Waals surface area contributed by atoms with E-state index in [1.54, 1.807) is 24.0 Å². The molecule has 0 aromatic carbocycles. The molecule has 0 atom stereocenters. The van der Waals surface area contributed by atoms with Gasteiger partial charge in [-0.3, -0.25) is 0 Å². The van der Waals surface area contributed by atoms with E-state index in [2.05, 4.69) is 53.1 Å². The minimum Gasteiger partial charge on any atom is -0.368 e. The Hall–Kier alpha value is -2.74. The van der Waals surface area contributed by atoms with Crippen LogP contribution in [0.15, 0.2) is 18.9 Å². The van der Waals surface area contributed by atoms with Crippen LogP contribution < -0.4 is 10.2 Å². The molecule has 4 aromatic heterocycles. The van der Waals surface area contributed by atoms with E-state index in [9.17, 15) is 0 Å². The normalized spacial score (nSPS) is 15.5. The third kappa shape index (κ3) is 3.29. The molecule has 4 aromatic rings. The fourth-order valence-electron chi connectivity index (χ4n) is 4.42. The molecule has 1 aliphatic carbocycles. The lowest BCUT2D eigenvalue weighted by Crippen LogP contribution is -2.25. The number of anilines is 2. The number of nitrogens with one attached hydrogen (secondary N) is 2. The first-order chi connectivity index (χ1) is 14.4. The van der Waals surface area contributed by atoms with Crippen LogP contribution in [0.4, 0.5) is 11.6 Å². The molecular formula is C22H27N7S. The molecule has 0 radical (unpaired) electrons. The van der Waals surface area contributed by atoms with Crippen LogP contribution >= 0.6 is 11.3 Å². The molecule has 30 heavy (non-hydrogen) atoms. The van der Waals surface area contributed by atoms with Crippen molar-refractivity contribution in [2.75, 3.05) is 30.9 Å². The second-order valence-electron chi connectivity index (χ2n) is 9.06. The number of thiophene rings is 1. The van der Waals surface area contributed by atoms with Crippen molar-refractivity contribution < 1.29 is 0 Å². The van der Waals surface area contributed by atoms with E-state index in [1.807, 2.05) is 6.20 Å². The molecule has 7 nitrogen and oxygen atoms in total. The summed E-state index contributed by atoms with van der Waals surface area (Å²) in [5.74, 6) is 1.99. The number of pyridine rings is 1. The van der Waals surface area contributed by atoms with Gasteiger partial charge in [0, 0.05) is 44.3 Å². The third-order valence-electron chi connectivity index (χ3n) is 5.97. The van der Waals surface area contributed by atoms with Crippen LogP contribution in [0.2, 0.25) is 0 Å². The van der Waals surface area contributed by atoms with E-state index in [-0.39, 0.29) is 5.41 Å². The molecule has 1 aliphatic rings. The number of aromatic amines is 1. The van der Waals surface area contributed by atoms with Gasteiger partial charge in [-0.15, -0.1) is 11.3 Å². The number of hydrogen-bond donors (Lipinski definition) is 2. The zero-order chi connectivity index (χ0) is 20.9. The second kappa shape index (κ2) is 7.19. The van der Waals surface area contributed by atoms with Gasteiger partial charge in [0.2, 0.25) is 0 Å². The van der Waals surface area contributed by atoms with E-state index in [1.165, 1.54) is 22.9 Å². The van der Waals surface area contributed by atoms with Crippen LogP contribution in [0, 0.1) is 5.41 Å². The maximum atomic E-state index is 5.07. The van der Waals surface area contributed by atoms with Gasteiger partial charge in [-0.1, -0.05) is 13.8 Å². The Morgan fingerprint density at radius 2 is 2.10 bits per heavy atom. The van der Waals surface area contributed by atoms with Crippen molar-refractivity contribution in [1.29, 1.82) is 0 Å². The number of aromatic nitrogens is 5. The van der Waals surface area contributed by atoms with Gasteiger partial charge >= 0.3 is 0 Å². The molecule has 156 valence electrons. The van der Waals surface area contributed by atoms with Crippen molar-refractivity contribution in [3.8, 4) is 0 Å². The first kappa shape index (κ1) is 19.2. The lowest BCUT2D eigenvalue weighted by atomic mass is 9.73. The van der Waals surface area contributed by atoms with Crippen molar-refractivity contribution in [3.63, 3.8) is 0 Å². The maximum absolute atomic E-state index is 5.07. The van der Waals surface area contributed by atoms with Crippen molar-refractivity contribution in [2.24, 2.45) is 5.41 Å². The smallest absolute Gasteiger partial charge is 0.147 e. The first-order valence-electron chi connectivity index (χ1n) is 10.4. The summed E-state index contributed by atoms with van der Waals surface area (Å²) < 4.78 is 1.09. The number of imidazole rings is 1. The Morgan fingerprint density at radius 3 is 2.87 bits per heavy atom. The zero-order valence-corrected chi connectivity index (χ0v) is 18.7. The monoisotopic (exact) mass is 421 g/mol. The van der Waals surface area contributed by atoms with Crippen molar-refractivity contribution >= 4 is 43.4 Å². The fraction of sp³-hybridized carbons (Fsp3) is 0.455. The minimum atomic E-state index is 0.289. The zero-order valence-electron chi connectivity index (χ0n) is 17.9. The molecule has 0 aliphatic heterocycles. The van der Waals surface area contributed by atoms with Gasteiger partial charge in [0.05, 0.1) is 16.5 Å². The molecule has 2 N–H and O–H groups in total. The maximum Gasteiger partial charge on any atom is 0.147 e. The highest BCUT2D eigenvalue weighted by atomic mass is 32.1. The number of H-pyrrole nitrogens is 1. The minimum absolute atomic E-state index is 0.289. The average molecular weight is 422 g/mol. The van der Waals surface area contributed by atoms with Gasteiger partial charge in [0.1, 0.15) is 22.8 Å². The lowest BCUT2D eigenvalue weighted by molar-refractivity contribution is 0.317. The first-order valence-corrected chi connectivity index (χ1v) is 11.2. The summed E-state index contributed by atoms with van der Waals surface area (Å²) in [6.07, 6.45) is 9.42. The van der Waals surface area contributed by atoms with E-state index in [0.29, 0.717) is 0 Å². The summed E-state index contributed by atoms with van der Waals surface area (Å²) in [5, 5.41) is 4.72. The highest BCUT2D eigenvalue weighted by Crippen LogP contribution is 2.45. The molecular weight excluding hydrogens is 394 g/mol. The number of fused-ring (bicyclic) bond motifs is 5. The number of rotatable bonds is 5. The van der Waals surface area contributed by atoms with Crippen molar-refractivity contribution in [2.45, 2.75) is 39.5 Å². The number of nitrogens with zero attached hydrogens (tertiary/aromatic N) is 5. The Labute approximate surface area is 180 Å². The quantitative estimate of drug-likeness (QED) is 0.503. The molecule has 0 spiro atoms. The molecule has 4 heterocycles. The van der Waals surface area contributed by atoms with Crippen molar-refractivity contribution in [1.82, 2.24) is 24.9 Å². The van der Waals surface area contributed by atoms with Crippen LogP contribution in [-0.4, -0.2) is 45.6 Å². The molecule has 0 unspecified atom stereocenters. The fourth-order valence-corrected chi connectivity index (χ4v) is 5.54. The molecule has 0 saturated carbocycles. The molecule has 8 heteroatoms. The van der Waals surface area contributed by atoms with E-state index < -0.39 is 0 Å². The molecule has 0 amide bonds. The van der Waals surface area contributed by atoms with E-state index >= 15 is 0 Å². The summed E-state index contributed by atoms with van der Waals surface area (Å²) in [4.78, 5) is 24.8. The van der Waals surface area contributed by atoms with Crippen molar-refractivity contribution in [3.05, 3.63) is 35.7 Å². The lowest BCUT2D eigenvalue weighted by Gasteiger charge is -2.33. The standard InChI is InChI=1S/C22H27N7S/c1-22(2)7-5-14-15(9-22)16-17-18(30-21(16)28-20(14)29(3)4)19(27-12-26-17)24-8-6-13-10-23-11-25-13/h10-12H,5-9H2,1-4H3,(H,23,25)(H,24,26,27). The van der Waals surface area contributed by atoms with Gasteiger partial charge in [0.25, 0.3) is 0 Å². The Kier molecular flexibility index (Phi) is 4.61. The largest absolute Gasteiger partial charge is 0.368 e. The van der Waals surface area contributed by atoms with Gasteiger partial charge in [0.15, 0.2) is 0 Å². The highest BCUT2D eigenvalue weighted by molar-refractivity contribution is 7.26. The van der Waals surface area contributed by atoms with Gasteiger partial charge in [-0.2, -0.15) is 0 Å². The Balaban J connectivity index is 1.62. The molecule has 0 bridgehead atoms. The van der Waals surface area contributed by atoms with Gasteiger partial charge < -0.3 is 15.2 Å². The summed E-state index contributed by atoms with van der Waals surface area (Å²) in [6, 6.07) is 0.